The van der Waals surface area contributed by atoms with Gasteiger partial charge in [0.1, 0.15) is 12.9 Å². The molecule has 2 heteroatoms. The van der Waals surface area contributed by atoms with Gasteiger partial charge in [-0.05, 0) is 12.8 Å². The summed E-state index contributed by atoms with van der Waals surface area (Å²) in [5.74, 6) is 2.37. The Morgan fingerprint density at radius 2 is 2.30 bits per heavy atom. The molecular formula is C8H12O2. The average Bonchev–Trinajstić information content (AvgIpc) is 1.97. The Bertz CT molecular complexity index is 113. The van der Waals surface area contributed by atoms with Gasteiger partial charge in [0.05, 0.1) is 0 Å². The minimum Gasteiger partial charge on any atom is -0.369 e. The van der Waals surface area contributed by atoms with E-state index in [4.69, 9.17) is 11.2 Å². The van der Waals surface area contributed by atoms with Gasteiger partial charge in [-0.1, -0.05) is 5.92 Å². The second kappa shape index (κ2) is 8.19. The van der Waals surface area contributed by atoms with Crippen molar-refractivity contribution in [2.75, 3.05) is 13.2 Å². The fourth-order valence-electron chi connectivity index (χ4n) is 0.563. The summed E-state index contributed by atoms with van der Waals surface area (Å²) in [6.07, 6.45) is 8.29. The maximum Gasteiger partial charge on any atom is 0.119 e. The Morgan fingerprint density at radius 3 is 2.90 bits per heavy atom. The van der Waals surface area contributed by atoms with Gasteiger partial charge in [0.25, 0.3) is 0 Å². The molecule has 0 aliphatic rings. The fourth-order valence-corrected chi connectivity index (χ4v) is 0.563. The maximum atomic E-state index is 9.82. The lowest BCUT2D eigenvalue weighted by Crippen LogP contribution is -1.94. The molecule has 0 aliphatic carbocycles. The van der Waals surface area contributed by atoms with Crippen molar-refractivity contribution in [2.24, 2.45) is 0 Å². The average molecular weight is 140 g/mol. The number of hydrogen-bond acceptors (Lipinski definition) is 2. The summed E-state index contributed by atoms with van der Waals surface area (Å²) in [7, 11) is 0. The van der Waals surface area contributed by atoms with E-state index in [0.29, 0.717) is 19.6 Å². The number of aldehydes is 1. The zero-order valence-corrected chi connectivity index (χ0v) is 6.01. The molecule has 0 bridgehead atoms. The van der Waals surface area contributed by atoms with Crippen LogP contribution in [0, 0.1) is 12.3 Å². The van der Waals surface area contributed by atoms with Crippen LogP contribution in [0.2, 0.25) is 0 Å². The second-order valence-corrected chi connectivity index (χ2v) is 1.92. The van der Waals surface area contributed by atoms with E-state index in [9.17, 15) is 4.79 Å². The highest BCUT2D eigenvalue weighted by atomic mass is 16.5. The zero-order chi connectivity index (χ0) is 7.66. The smallest absolute Gasteiger partial charge is 0.119 e. The van der Waals surface area contributed by atoms with Crippen LogP contribution in [-0.4, -0.2) is 19.5 Å². The summed E-state index contributed by atoms with van der Waals surface area (Å²) in [5.41, 5.74) is 0. The van der Waals surface area contributed by atoms with Crippen molar-refractivity contribution in [3.8, 4) is 12.3 Å². The molecule has 0 spiro atoms. The summed E-state index contributed by atoms with van der Waals surface area (Å²) in [6, 6.07) is 0. The Labute approximate surface area is 61.6 Å². The minimum atomic E-state index is 0.376. The SMILES string of the molecule is C#CCOCCCCC=O. The Kier molecular flexibility index (Phi) is 7.53. The van der Waals surface area contributed by atoms with Gasteiger partial charge in [-0.2, -0.15) is 0 Å². The van der Waals surface area contributed by atoms with E-state index in [1.165, 1.54) is 0 Å². The Balaban J connectivity index is 2.78. The number of terminal acetylenes is 1. The summed E-state index contributed by atoms with van der Waals surface area (Å²) < 4.78 is 4.98. The van der Waals surface area contributed by atoms with Crippen LogP contribution in [0.25, 0.3) is 0 Å². The lowest BCUT2D eigenvalue weighted by atomic mass is 10.3. The highest BCUT2D eigenvalue weighted by molar-refractivity contribution is 5.48. The van der Waals surface area contributed by atoms with E-state index in [1.807, 2.05) is 0 Å². The van der Waals surface area contributed by atoms with Crippen LogP contribution in [0.3, 0.4) is 0 Å². The second-order valence-electron chi connectivity index (χ2n) is 1.92. The largest absolute Gasteiger partial charge is 0.369 e. The number of rotatable bonds is 6. The van der Waals surface area contributed by atoms with Crippen molar-refractivity contribution in [3.05, 3.63) is 0 Å². The predicted molar refractivity (Wildman–Crippen MR) is 39.6 cm³/mol. The molecule has 0 atom stereocenters. The lowest BCUT2D eigenvalue weighted by Gasteiger charge is -1.96. The highest BCUT2D eigenvalue weighted by Crippen LogP contribution is 1.92. The van der Waals surface area contributed by atoms with Gasteiger partial charge >= 0.3 is 0 Å². The lowest BCUT2D eigenvalue weighted by molar-refractivity contribution is -0.107. The first-order chi connectivity index (χ1) is 4.91. The van der Waals surface area contributed by atoms with Crippen molar-refractivity contribution < 1.29 is 9.53 Å². The summed E-state index contributed by atoms with van der Waals surface area (Å²) in [4.78, 5) is 9.82. The fraction of sp³-hybridized carbons (Fsp3) is 0.625. The van der Waals surface area contributed by atoms with Crippen molar-refractivity contribution in [2.45, 2.75) is 19.3 Å². The molecule has 0 amide bonds. The van der Waals surface area contributed by atoms with Crippen LogP contribution >= 0.6 is 0 Å². The molecule has 10 heavy (non-hydrogen) atoms. The van der Waals surface area contributed by atoms with Crippen molar-refractivity contribution in [1.29, 1.82) is 0 Å². The molecule has 0 radical (unpaired) electrons. The van der Waals surface area contributed by atoms with Crippen LogP contribution in [-0.2, 0) is 9.53 Å². The van der Waals surface area contributed by atoms with E-state index in [0.717, 1.165) is 19.1 Å². The Hall–Kier alpha value is -0.810. The molecule has 0 aromatic rings. The van der Waals surface area contributed by atoms with Gasteiger partial charge < -0.3 is 9.53 Å². The van der Waals surface area contributed by atoms with Crippen LogP contribution in [0.4, 0.5) is 0 Å². The van der Waals surface area contributed by atoms with E-state index in [2.05, 4.69) is 5.92 Å². The summed E-state index contributed by atoms with van der Waals surface area (Å²) in [6.45, 7) is 1.04. The standard InChI is InChI=1S/C8H12O2/c1-2-7-10-8-5-3-4-6-9/h1,6H,3-5,7-8H2. The maximum absolute atomic E-state index is 9.82. The first-order valence-electron chi connectivity index (χ1n) is 3.36. The molecule has 2 nitrogen and oxygen atoms in total. The number of hydrogen-bond donors (Lipinski definition) is 0. The van der Waals surface area contributed by atoms with E-state index in [-0.39, 0.29) is 0 Å². The number of carbonyl (C=O) groups is 1. The summed E-state index contributed by atoms with van der Waals surface area (Å²) >= 11 is 0. The monoisotopic (exact) mass is 140 g/mol. The number of ether oxygens (including phenoxy) is 1. The van der Waals surface area contributed by atoms with Crippen LogP contribution in [0.5, 0.6) is 0 Å². The molecule has 0 aromatic heterocycles. The number of carbonyl (C=O) groups excluding carboxylic acids is 1. The molecule has 0 unspecified atom stereocenters. The quantitative estimate of drug-likeness (QED) is 0.312. The zero-order valence-electron chi connectivity index (χ0n) is 6.01. The van der Waals surface area contributed by atoms with Crippen molar-refractivity contribution in [3.63, 3.8) is 0 Å². The number of unbranched alkanes of at least 4 members (excludes halogenated alkanes) is 2. The van der Waals surface area contributed by atoms with E-state index < -0.39 is 0 Å². The molecule has 0 saturated heterocycles. The topological polar surface area (TPSA) is 26.3 Å². The first-order valence-corrected chi connectivity index (χ1v) is 3.36. The third-order valence-corrected chi connectivity index (χ3v) is 1.05. The van der Waals surface area contributed by atoms with Crippen LogP contribution in [0.1, 0.15) is 19.3 Å². The van der Waals surface area contributed by atoms with Gasteiger partial charge in [0.2, 0.25) is 0 Å². The van der Waals surface area contributed by atoms with Gasteiger partial charge in [-0.3, -0.25) is 0 Å². The first kappa shape index (κ1) is 9.19. The Morgan fingerprint density at radius 1 is 1.50 bits per heavy atom. The highest BCUT2D eigenvalue weighted by Gasteiger charge is 1.86. The molecule has 0 heterocycles. The van der Waals surface area contributed by atoms with Gasteiger partial charge in [-0.15, -0.1) is 6.42 Å². The third-order valence-electron chi connectivity index (χ3n) is 1.05. The predicted octanol–water partition coefficient (Wildman–Crippen LogP) is 1.01. The van der Waals surface area contributed by atoms with Gasteiger partial charge in [0, 0.05) is 13.0 Å². The van der Waals surface area contributed by atoms with Crippen LogP contribution < -0.4 is 0 Å². The van der Waals surface area contributed by atoms with Gasteiger partial charge in [-0.25, -0.2) is 0 Å². The van der Waals surface area contributed by atoms with Gasteiger partial charge in [0.15, 0.2) is 0 Å². The molecule has 0 rings (SSSR count). The van der Waals surface area contributed by atoms with Crippen molar-refractivity contribution in [1.82, 2.24) is 0 Å². The van der Waals surface area contributed by atoms with Crippen molar-refractivity contribution >= 4 is 6.29 Å². The molecule has 56 valence electrons. The summed E-state index contributed by atoms with van der Waals surface area (Å²) in [5, 5.41) is 0. The third kappa shape index (κ3) is 7.19. The van der Waals surface area contributed by atoms with E-state index >= 15 is 0 Å². The molecular weight excluding hydrogens is 128 g/mol. The molecule has 0 saturated carbocycles. The molecule has 0 aromatic carbocycles. The molecule has 0 N–H and O–H groups in total. The van der Waals surface area contributed by atoms with E-state index in [1.54, 1.807) is 0 Å². The molecule has 0 aliphatic heterocycles. The normalized spacial score (nSPS) is 8.70. The molecule has 0 fully saturated rings. The van der Waals surface area contributed by atoms with Crippen LogP contribution in [0.15, 0.2) is 0 Å². The minimum absolute atomic E-state index is 0.376.